The lowest BCUT2D eigenvalue weighted by molar-refractivity contribution is 0.246. The molecule has 15 heavy (non-hydrogen) atoms. The van der Waals surface area contributed by atoms with E-state index in [1.54, 1.807) is 6.20 Å². The Morgan fingerprint density at radius 1 is 1.20 bits per heavy atom. The number of para-hydroxylation sites is 1. The van der Waals surface area contributed by atoms with Crippen LogP contribution >= 0.6 is 0 Å². The molecule has 74 valence electrons. The number of nitrogens with zero attached hydrogens (tertiary/aromatic N) is 1. The molecule has 2 heterocycles. The molecule has 3 rings (SSSR count). The van der Waals surface area contributed by atoms with Gasteiger partial charge in [-0.1, -0.05) is 24.3 Å². The number of H-pyrrole nitrogens is 1. The smallest absolute Gasteiger partial charge is 0.158 e. The molecule has 2 aromatic rings. The van der Waals surface area contributed by atoms with Gasteiger partial charge in [-0.05, 0) is 18.2 Å². The van der Waals surface area contributed by atoms with E-state index in [2.05, 4.69) is 16.3 Å². The number of rotatable bonds is 1. The van der Waals surface area contributed by atoms with E-state index in [9.17, 15) is 0 Å². The average Bonchev–Trinajstić information content (AvgIpc) is 2.82. The molecule has 1 aliphatic heterocycles. The Morgan fingerprint density at radius 3 is 3.00 bits per heavy atom. The topological polar surface area (TPSA) is 37.9 Å². The molecular formula is C12H10N2O. The molecule has 3 heteroatoms. The molecule has 3 nitrogen and oxygen atoms in total. The largest absolute Gasteiger partial charge is 0.479 e. The Kier molecular flexibility index (Phi) is 1.81. The SMILES string of the molecule is C1=CC(c2ccn[nH]2)Oc2ccccc21. The minimum absolute atomic E-state index is 0.0533. The molecule has 0 aliphatic carbocycles. The predicted octanol–water partition coefficient (Wildman–Crippen LogP) is 2.56. The van der Waals surface area contributed by atoms with E-state index in [1.165, 1.54) is 0 Å². The number of aromatic amines is 1. The number of nitrogens with one attached hydrogen (secondary N) is 1. The van der Waals surface area contributed by atoms with E-state index < -0.39 is 0 Å². The maximum atomic E-state index is 5.82. The maximum Gasteiger partial charge on any atom is 0.158 e. The van der Waals surface area contributed by atoms with Crippen molar-refractivity contribution in [2.24, 2.45) is 0 Å². The molecule has 1 aliphatic rings. The Bertz CT molecular complexity index is 488. The summed E-state index contributed by atoms with van der Waals surface area (Å²) in [5.74, 6) is 0.916. The summed E-state index contributed by atoms with van der Waals surface area (Å²) in [6.45, 7) is 0. The summed E-state index contributed by atoms with van der Waals surface area (Å²) in [5, 5.41) is 6.83. The number of hydrogen-bond acceptors (Lipinski definition) is 2. The Hall–Kier alpha value is -2.03. The molecule has 1 aromatic heterocycles. The average molecular weight is 198 g/mol. The highest BCUT2D eigenvalue weighted by Crippen LogP contribution is 2.31. The quantitative estimate of drug-likeness (QED) is 0.764. The van der Waals surface area contributed by atoms with E-state index in [0.717, 1.165) is 17.0 Å². The van der Waals surface area contributed by atoms with Crippen molar-refractivity contribution >= 4 is 6.08 Å². The fourth-order valence-electron chi connectivity index (χ4n) is 1.68. The number of benzene rings is 1. The summed E-state index contributed by atoms with van der Waals surface area (Å²) in [5.41, 5.74) is 2.09. The van der Waals surface area contributed by atoms with Crippen LogP contribution in [0, 0.1) is 0 Å². The summed E-state index contributed by atoms with van der Waals surface area (Å²) in [7, 11) is 0. The van der Waals surface area contributed by atoms with Gasteiger partial charge in [0.25, 0.3) is 0 Å². The van der Waals surface area contributed by atoms with Crippen LogP contribution in [0.1, 0.15) is 17.4 Å². The summed E-state index contributed by atoms with van der Waals surface area (Å²) >= 11 is 0. The fraction of sp³-hybridized carbons (Fsp3) is 0.0833. The van der Waals surface area contributed by atoms with Crippen molar-refractivity contribution in [3.8, 4) is 5.75 Å². The fourth-order valence-corrected chi connectivity index (χ4v) is 1.68. The molecule has 1 N–H and O–H groups in total. The first-order chi connectivity index (χ1) is 7.43. The number of hydrogen-bond donors (Lipinski definition) is 1. The summed E-state index contributed by atoms with van der Waals surface area (Å²) in [4.78, 5) is 0. The highest BCUT2D eigenvalue weighted by atomic mass is 16.5. The number of aromatic nitrogens is 2. The third-order valence-corrected chi connectivity index (χ3v) is 2.45. The first-order valence-electron chi connectivity index (χ1n) is 4.87. The van der Waals surface area contributed by atoms with Gasteiger partial charge in [0.15, 0.2) is 6.10 Å². The van der Waals surface area contributed by atoms with Crippen molar-refractivity contribution < 1.29 is 4.74 Å². The first-order valence-corrected chi connectivity index (χ1v) is 4.87. The van der Waals surface area contributed by atoms with Gasteiger partial charge >= 0.3 is 0 Å². The Labute approximate surface area is 87.4 Å². The van der Waals surface area contributed by atoms with Gasteiger partial charge in [-0.2, -0.15) is 5.10 Å². The van der Waals surface area contributed by atoms with Crippen LogP contribution in [0.15, 0.2) is 42.6 Å². The third kappa shape index (κ3) is 1.42. The van der Waals surface area contributed by atoms with Gasteiger partial charge in [0.05, 0.1) is 5.69 Å². The van der Waals surface area contributed by atoms with Crippen molar-refractivity contribution in [3.05, 3.63) is 53.9 Å². The molecule has 0 bridgehead atoms. The van der Waals surface area contributed by atoms with Gasteiger partial charge in [0.2, 0.25) is 0 Å². The van der Waals surface area contributed by atoms with Gasteiger partial charge in [-0.3, -0.25) is 5.10 Å². The molecule has 0 saturated carbocycles. The van der Waals surface area contributed by atoms with Crippen molar-refractivity contribution in [2.45, 2.75) is 6.10 Å². The van der Waals surface area contributed by atoms with Gasteiger partial charge < -0.3 is 4.74 Å². The Balaban J connectivity index is 1.96. The van der Waals surface area contributed by atoms with Crippen molar-refractivity contribution in [1.82, 2.24) is 10.2 Å². The monoisotopic (exact) mass is 198 g/mol. The van der Waals surface area contributed by atoms with E-state index in [0.29, 0.717) is 0 Å². The van der Waals surface area contributed by atoms with Crippen LogP contribution in [0.25, 0.3) is 6.08 Å². The van der Waals surface area contributed by atoms with Crippen LogP contribution in [-0.2, 0) is 0 Å². The maximum absolute atomic E-state index is 5.82. The van der Waals surface area contributed by atoms with Gasteiger partial charge in [-0.25, -0.2) is 0 Å². The van der Waals surface area contributed by atoms with Gasteiger partial charge in [-0.15, -0.1) is 0 Å². The third-order valence-electron chi connectivity index (χ3n) is 2.45. The molecular weight excluding hydrogens is 188 g/mol. The lowest BCUT2D eigenvalue weighted by Crippen LogP contribution is -2.09. The molecule has 0 saturated heterocycles. The van der Waals surface area contributed by atoms with E-state index in [-0.39, 0.29) is 6.10 Å². The lowest BCUT2D eigenvalue weighted by atomic mass is 10.1. The molecule has 1 atom stereocenters. The van der Waals surface area contributed by atoms with Crippen LogP contribution in [0.2, 0.25) is 0 Å². The zero-order valence-electron chi connectivity index (χ0n) is 8.05. The Morgan fingerprint density at radius 2 is 2.13 bits per heavy atom. The normalized spacial score (nSPS) is 18.3. The molecule has 0 radical (unpaired) electrons. The predicted molar refractivity (Wildman–Crippen MR) is 57.4 cm³/mol. The van der Waals surface area contributed by atoms with Crippen LogP contribution in [0.4, 0.5) is 0 Å². The molecule has 1 aromatic carbocycles. The zero-order valence-corrected chi connectivity index (χ0v) is 8.05. The molecule has 0 amide bonds. The van der Waals surface area contributed by atoms with Crippen LogP contribution in [-0.4, -0.2) is 10.2 Å². The zero-order chi connectivity index (χ0) is 10.1. The van der Waals surface area contributed by atoms with E-state index >= 15 is 0 Å². The minimum atomic E-state index is -0.0533. The summed E-state index contributed by atoms with van der Waals surface area (Å²) < 4.78 is 5.82. The molecule has 0 fully saturated rings. The van der Waals surface area contributed by atoms with Gasteiger partial charge in [0, 0.05) is 11.8 Å². The summed E-state index contributed by atoms with van der Waals surface area (Å²) in [6.07, 6.45) is 5.77. The highest BCUT2D eigenvalue weighted by molar-refractivity contribution is 5.60. The second-order valence-corrected chi connectivity index (χ2v) is 3.45. The first kappa shape index (κ1) is 8.29. The second-order valence-electron chi connectivity index (χ2n) is 3.45. The van der Waals surface area contributed by atoms with Crippen molar-refractivity contribution in [1.29, 1.82) is 0 Å². The van der Waals surface area contributed by atoms with Crippen LogP contribution in [0.5, 0.6) is 5.75 Å². The van der Waals surface area contributed by atoms with Gasteiger partial charge in [0.1, 0.15) is 5.75 Å². The standard InChI is InChI=1S/C12H10N2O/c1-2-4-11-9(3-1)5-6-12(15-11)10-7-8-13-14-10/h1-8,12H,(H,13,14). The van der Waals surface area contributed by atoms with E-state index in [4.69, 9.17) is 4.74 Å². The van der Waals surface area contributed by atoms with Crippen LogP contribution < -0.4 is 4.74 Å². The molecule has 1 unspecified atom stereocenters. The second kappa shape index (κ2) is 3.28. The van der Waals surface area contributed by atoms with Crippen molar-refractivity contribution in [2.75, 3.05) is 0 Å². The number of ether oxygens (including phenoxy) is 1. The van der Waals surface area contributed by atoms with Crippen molar-refractivity contribution in [3.63, 3.8) is 0 Å². The molecule has 0 spiro atoms. The minimum Gasteiger partial charge on any atom is -0.479 e. The van der Waals surface area contributed by atoms with Crippen LogP contribution in [0.3, 0.4) is 0 Å². The number of fused-ring (bicyclic) bond motifs is 1. The van der Waals surface area contributed by atoms with E-state index in [1.807, 2.05) is 36.4 Å². The summed E-state index contributed by atoms with van der Waals surface area (Å²) in [6, 6.07) is 9.91. The lowest BCUT2D eigenvalue weighted by Gasteiger charge is -2.19. The highest BCUT2D eigenvalue weighted by Gasteiger charge is 2.16.